The van der Waals surface area contributed by atoms with Gasteiger partial charge in [-0.25, -0.2) is 0 Å². The van der Waals surface area contributed by atoms with Gasteiger partial charge in [0.1, 0.15) is 5.75 Å². The smallest absolute Gasteiger partial charge is 0.120 e. The second-order valence-corrected chi connectivity index (χ2v) is 4.41. The van der Waals surface area contributed by atoms with Crippen LogP contribution in [-0.2, 0) is 0 Å². The van der Waals surface area contributed by atoms with Crippen molar-refractivity contribution in [3.8, 4) is 5.75 Å². The molecule has 0 saturated heterocycles. The molecule has 3 rings (SSSR count). The number of hydrogen-bond donors (Lipinski definition) is 0. The second-order valence-electron chi connectivity index (χ2n) is 4.41. The van der Waals surface area contributed by atoms with Gasteiger partial charge in [0.2, 0.25) is 0 Å². The van der Waals surface area contributed by atoms with E-state index in [0.29, 0.717) is 6.10 Å². The van der Waals surface area contributed by atoms with Crippen molar-refractivity contribution in [2.24, 2.45) is 0 Å². The summed E-state index contributed by atoms with van der Waals surface area (Å²) in [6, 6.07) is 8.25. The average Bonchev–Trinajstić information content (AvgIpc) is 2.82. The van der Waals surface area contributed by atoms with Gasteiger partial charge >= 0.3 is 0 Å². The Bertz CT molecular complexity index is 489. The molecule has 1 aromatic heterocycles. The standard InChI is InChI=1S/C14H15NO/c1-2-4-13(3-1)16-14-6-5-12-10-15-8-7-11(12)9-14/h5-10,13H,1-4H2. The zero-order valence-electron chi connectivity index (χ0n) is 9.23. The highest BCUT2D eigenvalue weighted by Crippen LogP contribution is 2.26. The van der Waals surface area contributed by atoms with Crippen LogP contribution < -0.4 is 4.74 Å². The van der Waals surface area contributed by atoms with E-state index in [0.717, 1.165) is 5.75 Å². The van der Waals surface area contributed by atoms with E-state index in [2.05, 4.69) is 17.1 Å². The first kappa shape index (κ1) is 9.64. The van der Waals surface area contributed by atoms with Crippen molar-refractivity contribution in [1.82, 2.24) is 4.98 Å². The zero-order valence-corrected chi connectivity index (χ0v) is 9.23. The summed E-state index contributed by atoms with van der Waals surface area (Å²) in [5, 5.41) is 2.37. The normalized spacial score (nSPS) is 16.8. The zero-order chi connectivity index (χ0) is 10.8. The maximum absolute atomic E-state index is 5.96. The SMILES string of the molecule is c1cc2cc(OC3CCCC3)ccc2cn1. The summed E-state index contributed by atoms with van der Waals surface area (Å²) >= 11 is 0. The third-order valence-electron chi connectivity index (χ3n) is 3.22. The van der Waals surface area contributed by atoms with Gasteiger partial charge in [-0.05, 0) is 55.3 Å². The number of ether oxygens (including phenoxy) is 1. The minimum atomic E-state index is 0.430. The molecular weight excluding hydrogens is 198 g/mol. The summed E-state index contributed by atoms with van der Waals surface area (Å²) in [5.41, 5.74) is 0. The Morgan fingerprint density at radius 1 is 1.06 bits per heavy atom. The molecule has 2 heteroatoms. The monoisotopic (exact) mass is 213 g/mol. The van der Waals surface area contributed by atoms with Crippen LogP contribution in [0.25, 0.3) is 10.8 Å². The Kier molecular flexibility index (Phi) is 2.49. The van der Waals surface area contributed by atoms with Crippen molar-refractivity contribution in [1.29, 1.82) is 0 Å². The lowest BCUT2D eigenvalue weighted by atomic mass is 10.2. The highest BCUT2D eigenvalue weighted by molar-refractivity contribution is 5.82. The second kappa shape index (κ2) is 4.12. The molecule has 1 aromatic carbocycles. The van der Waals surface area contributed by atoms with E-state index < -0.39 is 0 Å². The van der Waals surface area contributed by atoms with Crippen LogP contribution in [0.2, 0.25) is 0 Å². The molecule has 0 amide bonds. The average molecular weight is 213 g/mol. The lowest BCUT2D eigenvalue weighted by Crippen LogP contribution is -2.10. The van der Waals surface area contributed by atoms with E-state index in [1.54, 1.807) is 0 Å². The Balaban J connectivity index is 1.86. The van der Waals surface area contributed by atoms with Crippen LogP contribution in [-0.4, -0.2) is 11.1 Å². The number of aromatic nitrogens is 1. The summed E-state index contributed by atoms with van der Waals surface area (Å²) in [5.74, 6) is 0.991. The predicted octanol–water partition coefficient (Wildman–Crippen LogP) is 3.56. The Labute approximate surface area is 95.3 Å². The first-order chi connectivity index (χ1) is 7.92. The van der Waals surface area contributed by atoms with Crippen molar-refractivity contribution in [2.45, 2.75) is 31.8 Å². The summed E-state index contributed by atoms with van der Waals surface area (Å²) in [4.78, 5) is 4.11. The van der Waals surface area contributed by atoms with Crippen LogP contribution in [0.15, 0.2) is 36.7 Å². The molecule has 1 heterocycles. The first-order valence-corrected chi connectivity index (χ1v) is 5.92. The van der Waals surface area contributed by atoms with Gasteiger partial charge in [0.25, 0.3) is 0 Å². The maximum Gasteiger partial charge on any atom is 0.120 e. The predicted molar refractivity (Wildman–Crippen MR) is 64.6 cm³/mol. The van der Waals surface area contributed by atoms with Crippen LogP contribution >= 0.6 is 0 Å². The third kappa shape index (κ3) is 1.87. The summed E-state index contributed by atoms with van der Waals surface area (Å²) in [7, 11) is 0. The Morgan fingerprint density at radius 2 is 1.94 bits per heavy atom. The number of hydrogen-bond acceptors (Lipinski definition) is 2. The lowest BCUT2D eigenvalue weighted by molar-refractivity contribution is 0.210. The molecule has 1 fully saturated rings. The van der Waals surface area contributed by atoms with Crippen LogP contribution in [0.3, 0.4) is 0 Å². The van der Waals surface area contributed by atoms with Gasteiger partial charge in [-0.3, -0.25) is 4.98 Å². The molecule has 0 bridgehead atoms. The minimum absolute atomic E-state index is 0.430. The molecule has 0 radical (unpaired) electrons. The van der Waals surface area contributed by atoms with Crippen molar-refractivity contribution < 1.29 is 4.74 Å². The summed E-state index contributed by atoms with van der Waals surface area (Å²) < 4.78 is 5.96. The molecule has 0 spiro atoms. The van der Waals surface area contributed by atoms with E-state index in [1.165, 1.54) is 36.5 Å². The van der Waals surface area contributed by atoms with E-state index in [-0.39, 0.29) is 0 Å². The number of benzene rings is 1. The number of fused-ring (bicyclic) bond motifs is 1. The highest BCUT2D eigenvalue weighted by Gasteiger charge is 2.16. The molecule has 2 nitrogen and oxygen atoms in total. The van der Waals surface area contributed by atoms with Gasteiger partial charge < -0.3 is 4.74 Å². The summed E-state index contributed by atoms with van der Waals surface area (Å²) in [6.45, 7) is 0. The molecule has 0 unspecified atom stereocenters. The van der Waals surface area contributed by atoms with Gasteiger partial charge in [0.15, 0.2) is 0 Å². The van der Waals surface area contributed by atoms with Crippen molar-refractivity contribution in [3.05, 3.63) is 36.7 Å². The van der Waals surface area contributed by atoms with Crippen LogP contribution in [0, 0.1) is 0 Å². The van der Waals surface area contributed by atoms with Gasteiger partial charge in [-0.1, -0.05) is 0 Å². The van der Waals surface area contributed by atoms with E-state index in [1.807, 2.05) is 24.5 Å². The van der Waals surface area contributed by atoms with Crippen LogP contribution in [0.5, 0.6) is 5.75 Å². The van der Waals surface area contributed by atoms with E-state index in [9.17, 15) is 0 Å². The highest BCUT2D eigenvalue weighted by atomic mass is 16.5. The fourth-order valence-electron chi connectivity index (χ4n) is 2.33. The van der Waals surface area contributed by atoms with E-state index >= 15 is 0 Å². The quantitative estimate of drug-likeness (QED) is 0.761. The molecule has 0 atom stereocenters. The molecule has 16 heavy (non-hydrogen) atoms. The maximum atomic E-state index is 5.96. The molecule has 1 aliphatic carbocycles. The lowest BCUT2D eigenvalue weighted by Gasteiger charge is -2.13. The van der Waals surface area contributed by atoms with Crippen LogP contribution in [0.4, 0.5) is 0 Å². The molecular formula is C14H15NO. The Morgan fingerprint density at radius 3 is 2.81 bits per heavy atom. The van der Waals surface area contributed by atoms with Gasteiger partial charge in [0.05, 0.1) is 6.10 Å². The Hall–Kier alpha value is -1.57. The molecule has 0 N–H and O–H groups in total. The van der Waals surface area contributed by atoms with Crippen molar-refractivity contribution in [2.75, 3.05) is 0 Å². The number of nitrogens with zero attached hydrogens (tertiary/aromatic N) is 1. The van der Waals surface area contributed by atoms with Crippen molar-refractivity contribution >= 4 is 10.8 Å². The van der Waals surface area contributed by atoms with Crippen LogP contribution in [0.1, 0.15) is 25.7 Å². The van der Waals surface area contributed by atoms with E-state index in [4.69, 9.17) is 4.74 Å². The first-order valence-electron chi connectivity index (χ1n) is 5.92. The number of pyridine rings is 1. The molecule has 2 aromatic rings. The number of rotatable bonds is 2. The van der Waals surface area contributed by atoms with Gasteiger partial charge in [-0.15, -0.1) is 0 Å². The van der Waals surface area contributed by atoms with Gasteiger partial charge in [0, 0.05) is 17.8 Å². The molecule has 0 aliphatic heterocycles. The third-order valence-corrected chi connectivity index (χ3v) is 3.22. The molecule has 1 aliphatic rings. The fourth-order valence-corrected chi connectivity index (χ4v) is 2.33. The summed E-state index contributed by atoms with van der Waals surface area (Å²) in [6.07, 6.45) is 9.16. The van der Waals surface area contributed by atoms with Gasteiger partial charge in [-0.2, -0.15) is 0 Å². The largest absolute Gasteiger partial charge is 0.490 e. The fraction of sp³-hybridized carbons (Fsp3) is 0.357. The minimum Gasteiger partial charge on any atom is -0.490 e. The molecule has 1 saturated carbocycles. The van der Waals surface area contributed by atoms with Crippen molar-refractivity contribution in [3.63, 3.8) is 0 Å². The topological polar surface area (TPSA) is 22.1 Å². The molecule has 82 valence electrons.